The number of aliphatic imine (C=N–C) groups is 1. The first-order valence-electron chi connectivity index (χ1n) is 4.92. The van der Waals surface area contributed by atoms with Gasteiger partial charge in [0.25, 0.3) is 0 Å². The molecule has 1 aromatic carbocycles. The van der Waals surface area contributed by atoms with Gasteiger partial charge in [-0.3, -0.25) is 4.99 Å². The van der Waals surface area contributed by atoms with Crippen LogP contribution >= 0.6 is 11.6 Å². The highest BCUT2D eigenvalue weighted by molar-refractivity contribution is 6.32. The van der Waals surface area contributed by atoms with Gasteiger partial charge in [-0.1, -0.05) is 23.7 Å². The Labute approximate surface area is 94.1 Å². The van der Waals surface area contributed by atoms with E-state index in [1.807, 2.05) is 25.1 Å². The summed E-state index contributed by atoms with van der Waals surface area (Å²) in [7, 11) is 0. The fraction of sp³-hybridized carbons (Fsp3) is 0.364. The van der Waals surface area contributed by atoms with Crippen LogP contribution in [0.4, 0.5) is 0 Å². The number of rotatable bonds is 3. The standard InChI is InChI=1S/C11H13ClN2O/c1-8-3-2-4-9(12)11(8)15-7-10-13-5-6-14-10/h2-4H,5-7H2,1H3,(H,13,14). The third-order valence-corrected chi connectivity index (χ3v) is 2.56. The van der Waals surface area contributed by atoms with Crippen LogP contribution in [0.5, 0.6) is 5.75 Å². The van der Waals surface area contributed by atoms with E-state index in [9.17, 15) is 0 Å². The van der Waals surface area contributed by atoms with Crippen LogP contribution in [-0.4, -0.2) is 25.5 Å². The molecule has 0 aromatic heterocycles. The van der Waals surface area contributed by atoms with Gasteiger partial charge in [-0.15, -0.1) is 0 Å². The second kappa shape index (κ2) is 4.53. The van der Waals surface area contributed by atoms with Crippen LogP contribution in [0, 0.1) is 6.92 Å². The molecule has 1 heterocycles. The summed E-state index contributed by atoms with van der Waals surface area (Å²) in [6.07, 6.45) is 0. The Balaban J connectivity index is 2.04. The minimum Gasteiger partial charge on any atom is -0.484 e. The highest BCUT2D eigenvalue weighted by Crippen LogP contribution is 2.27. The summed E-state index contributed by atoms with van der Waals surface area (Å²) >= 11 is 6.03. The number of amidine groups is 1. The third-order valence-electron chi connectivity index (χ3n) is 2.26. The molecule has 0 fully saturated rings. The number of hydrogen-bond acceptors (Lipinski definition) is 3. The van der Waals surface area contributed by atoms with Crippen molar-refractivity contribution < 1.29 is 4.74 Å². The summed E-state index contributed by atoms with van der Waals surface area (Å²) in [5.41, 5.74) is 1.04. The van der Waals surface area contributed by atoms with Crippen molar-refractivity contribution >= 4 is 17.4 Å². The van der Waals surface area contributed by atoms with Gasteiger partial charge >= 0.3 is 0 Å². The Morgan fingerprint density at radius 2 is 2.40 bits per heavy atom. The van der Waals surface area contributed by atoms with Crippen molar-refractivity contribution in [2.75, 3.05) is 19.7 Å². The highest BCUT2D eigenvalue weighted by Gasteiger charge is 2.08. The molecule has 15 heavy (non-hydrogen) atoms. The predicted molar refractivity (Wildman–Crippen MR) is 62.0 cm³/mol. The molecule has 1 aliphatic heterocycles. The average Bonchev–Trinajstić information content (AvgIpc) is 2.70. The monoisotopic (exact) mass is 224 g/mol. The summed E-state index contributed by atoms with van der Waals surface area (Å²) in [5.74, 6) is 1.64. The van der Waals surface area contributed by atoms with Gasteiger partial charge in [0.1, 0.15) is 18.2 Å². The fourth-order valence-electron chi connectivity index (χ4n) is 1.48. The van der Waals surface area contributed by atoms with Gasteiger partial charge in [0.2, 0.25) is 0 Å². The normalized spacial score (nSPS) is 14.7. The maximum absolute atomic E-state index is 6.03. The Bertz CT molecular complexity index is 370. The van der Waals surface area contributed by atoms with Crippen LogP contribution in [0.25, 0.3) is 0 Å². The van der Waals surface area contributed by atoms with Crippen molar-refractivity contribution in [3.05, 3.63) is 28.8 Å². The molecular weight excluding hydrogens is 212 g/mol. The molecule has 0 saturated heterocycles. The first-order chi connectivity index (χ1) is 7.27. The summed E-state index contributed by atoms with van der Waals surface area (Å²) < 4.78 is 5.63. The molecule has 0 aliphatic carbocycles. The van der Waals surface area contributed by atoms with Crippen LogP contribution < -0.4 is 10.1 Å². The topological polar surface area (TPSA) is 33.6 Å². The zero-order valence-corrected chi connectivity index (χ0v) is 9.34. The lowest BCUT2D eigenvalue weighted by atomic mass is 10.2. The van der Waals surface area contributed by atoms with Gasteiger partial charge in [0.15, 0.2) is 0 Å². The molecule has 80 valence electrons. The van der Waals surface area contributed by atoms with Crippen LogP contribution in [0.3, 0.4) is 0 Å². The molecular formula is C11H13ClN2O. The minimum atomic E-state index is 0.463. The van der Waals surface area contributed by atoms with E-state index in [2.05, 4.69) is 10.3 Å². The van der Waals surface area contributed by atoms with Crippen LogP contribution in [-0.2, 0) is 0 Å². The number of para-hydroxylation sites is 1. The van der Waals surface area contributed by atoms with Crippen molar-refractivity contribution in [2.45, 2.75) is 6.92 Å². The summed E-state index contributed by atoms with van der Waals surface area (Å²) in [5, 5.41) is 3.79. The van der Waals surface area contributed by atoms with E-state index in [4.69, 9.17) is 16.3 Å². The van der Waals surface area contributed by atoms with Crippen molar-refractivity contribution in [3.63, 3.8) is 0 Å². The van der Waals surface area contributed by atoms with Gasteiger partial charge in [-0.25, -0.2) is 0 Å². The SMILES string of the molecule is Cc1cccc(Cl)c1OCC1=NCCN1. The Morgan fingerprint density at radius 1 is 1.53 bits per heavy atom. The maximum atomic E-state index is 6.03. The van der Waals surface area contributed by atoms with Gasteiger partial charge in [0.05, 0.1) is 11.6 Å². The predicted octanol–water partition coefficient (Wildman–Crippen LogP) is 2.03. The van der Waals surface area contributed by atoms with Crippen molar-refractivity contribution in [2.24, 2.45) is 4.99 Å². The fourth-order valence-corrected chi connectivity index (χ4v) is 1.76. The molecule has 0 atom stereocenters. The minimum absolute atomic E-state index is 0.463. The van der Waals surface area contributed by atoms with Crippen LogP contribution in [0.1, 0.15) is 5.56 Å². The van der Waals surface area contributed by atoms with E-state index < -0.39 is 0 Å². The van der Waals surface area contributed by atoms with E-state index in [-0.39, 0.29) is 0 Å². The summed E-state index contributed by atoms with van der Waals surface area (Å²) in [4.78, 5) is 4.25. The highest BCUT2D eigenvalue weighted by atomic mass is 35.5. The van der Waals surface area contributed by atoms with Crippen molar-refractivity contribution in [3.8, 4) is 5.75 Å². The molecule has 0 radical (unpaired) electrons. The van der Waals surface area contributed by atoms with Gasteiger partial charge in [-0.05, 0) is 18.6 Å². The lowest BCUT2D eigenvalue weighted by Gasteiger charge is -2.10. The number of benzene rings is 1. The molecule has 1 aliphatic rings. The Hall–Kier alpha value is -1.22. The molecule has 2 rings (SSSR count). The number of nitrogens with one attached hydrogen (secondary N) is 1. The van der Waals surface area contributed by atoms with Crippen molar-refractivity contribution in [1.82, 2.24) is 5.32 Å². The molecule has 0 amide bonds. The van der Waals surface area contributed by atoms with E-state index in [1.54, 1.807) is 0 Å². The third kappa shape index (κ3) is 2.42. The largest absolute Gasteiger partial charge is 0.484 e. The summed E-state index contributed by atoms with van der Waals surface area (Å²) in [6.45, 7) is 4.18. The zero-order valence-electron chi connectivity index (χ0n) is 8.59. The van der Waals surface area contributed by atoms with E-state index in [0.29, 0.717) is 11.6 Å². The molecule has 3 nitrogen and oxygen atoms in total. The number of aryl methyl sites for hydroxylation is 1. The molecule has 4 heteroatoms. The molecule has 1 aromatic rings. The number of hydrogen-bond donors (Lipinski definition) is 1. The number of halogens is 1. The zero-order chi connectivity index (χ0) is 10.7. The van der Waals surface area contributed by atoms with E-state index in [1.165, 1.54) is 0 Å². The van der Waals surface area contributed by atoms with Crippen molar-refractivity contribution in [1.29, 1.82) is 0 Å². The van der Waals surface area contributed by atoms with Crippen LogP contribution in [0.15, 0.2) is 23.2 Å². The van der Waals surface area contributed by atoms with E-state index in [0.717, 1.165) is 30.2 Å². The molecule has 0 saturated carbocycles. The second-order valence-corrected chi connectivity index (χ2v) is 3.84. The Kier molecular flexibility index (Phi) is 3.11. The van der Waals surface area contributed by atoms with Gasteiger partial charge in [0, 0.05) is 6.54 Å². The maximum Gasteiger partial charge on any atom is 0.145 e. The second-order valence-electron chi connectivity index (χ2n) is 3.43. The lowest BCUT2D eigenvalue weighted by molar-refractivity contribution is 0.371. The smallest absolute Gasteiger partial charge is 0.145 e. The number of ether oxygens (including phenoxy) is 1. The molecule has 0 unspecified atom stereocenters. The van der Waals surface area contributed by atoms with Crippen LogP contribution in [0.2, 0.25) is 5.02 Å². The molecule has 0 bridgehead atoms. The first kappa shape index (κ1) is 10.3. The lowest BCUT2D eigenvalue weighted by Crippen LogP contribution is -2.25. The molecule has 0 spiro atoms. The van der Waals surface area contributed by atoms with Gasteiger partial charge < -0.3 is 10.1 Å². The summed E-state index contributed by atoms with van der Waals surface area (Å²) in [6, 6.07) is 5.72. The first-order valence-corrected chi connectivity index (χ1v) is 5.30. The molecule has 1 N–H and O–H groups in total. The van der Waals surface area contributed by atoms with E-state index >= 15 is 0 Å². The Morgan fingerprint density at radius 3 is 3.07 bits per heavy atom. The quantitative estimate of drug-likeness (QED) is 0.853. The number of nitrogens with zero attached hydrogens (tertiary/aromatic N) is 1. The average molecular weight is 225 g/mol. The van der Waals surface area contributed by atoms with Gasteiger partial charge in [-0.2, -0.15) is 0 Å².